The van der Waals surface area contributed by atoms with Crippen LogP contribution in [-0.2, 0) is 0 Å². The standard InChI is InChI=1S/C23H27NP.C21H21BrP.2BrH/c1-24(2)19-12-20-25(21-13-6-3-7-14-21,22-15-8-4-9-16-22)23-17-10-5-11-18-23;22-17-10-18-23(19-11-4-1-5-12-19,20-13-6-2-7-14-20)21-15-8-3-9-16-21;;/h3-11,13-18H,12,19-20H2,1-2H3;1-9,11-16H,10,17-18H2;2*1H/q2*+1;;/p-2. The van der Waals surface area contributed by atoms with Gasteiger partial charge in [-0.3, -0.25) is 0 Å². The van der Waals surface area contributed by atoms with Gasteiger partial charge < -0.3 is 38.9 Å². The van der Waals surface area contributed by atoms with Crippen LogP contribution in [0, 0.1) is 0 Å². The van der Waals surface area contributed by atoms with E-state index in [1.807, 2.05) is 0 Å². The normalized spacial score (nSPS) is 11.0. The van der Waals surface area contributed by atoms with Gasteiger partial charge in [-0.1, -0.05) is 125 Å². The van der Waals surface area contributed by atoms with E-state index in [1.165, 1.54) is 57.0 Å². The van der Waals surface area contributed by atoms with Crippen molar-refractivity contribution >= 4 is 62.3 Å². The molecule has 6 rings (SSSR count). The molecule has 0 radical (unpaired) electrons. The van der Waals surface area contributed by atoms with E-state index in [2.05, 4.69) is 217 Å². The molecule has 0 amide bonds. The molecule has 0 saturated heterocycles. The molecule has 6 heteroatoms. The summed E-state index contributed by atoms with van der Waals surface area (Å²) in [5.41, 5.74) is 0. The smallest absolute Gasteiger partial charge is 0.112 e. The maximum atomic E-state index is 3.64. The van der Waals surface area contributed by atoms with E-state index in [4.69, 9.17) is 0 Å². The highest BCUT2D eigenvalue weighted by molar-refractivity contribution is 9.09. The Morgan fingerprint density at radius 1 is 0.380 bits per heavy atom. The molecule has 50 heavy (non-hydrogen) atoms. The Morgan fingerprint density at radius 3 is 0.800 bits per heavy atom. The summed E-state index contributed by atoms with van der Waals surface area (Å²) in [5.74, 6) is 0. The second kappa shape index (κ2) is 21.8. The zero-order chi connectivity index (χ0) is 33.5. The van der Waals surface area contributed by atoms with E-state index in [0.29, 0.717) is 0 Å². The Kier molecular flexibility index (Phi) is 18.3. The highest BCUT2D eigenvalue weighted by Gasteiger charge is 2.45. The fourth-order valence-corrected chi connectivity index (χ4v) is 16.1. The van der Waals surface area contributed by atoms with Crippen molar-refractivity contribution in [3.05, 3.63) is 182 Å². The average Bonchev–Trinajstić information content (AvgIpc) is 3.16. The third-order valence-electron chi connectivity index (χ3n) is 8.91. The third-order valence-corrected chi connectivity index (χ3v) is 18.5. The van der Waals surface area contributed by atoms with Crippen LogP contribution in [-0.4, -0.2) is 43.2 Å². The Bertz CT molecular complexity index is 1550. The van der Waals surface area contributed by atoms with Gasteiger partial charge in [0.05, 0.1) is 12.3 Å². The van der Waals surface area contributed by atoms with Crippen LogP contribution in [0.4, 0.5) is 0 Å². The maximum Gasteiger partial charge on any atom is 0.112 e. The lowest BCUT2D eigenvalue weighted by atomic mass is 10.3. The summed E-state index contributed by atoms with van der Waals surface area (Å²) in [6, 6.07) is 66.6. The van der Waals surface area contributed by atoms with Crippen LogP contribution < -0.4 is 65.8 Å². The summed E-state index contributed by atoms with van der Waals surface area (Å²) in [7, 11) is 1.08. The number of benzene rings is 6. The average molecular weight is 893 g/mol. The van der Waals surface area contributed by atoms with Crippen LogP contribution in [0.5, 0.6) is 0 Å². The second-order valence-electron chi connectivity index (χ2n) is 12.3. The van der Waals surface area contributed by atoms with Gasteiger partial charge >= 0.3 is 0 Å². The highest BCUT2D eigenvalue weighted by Crippen LogP contribution is 2.56. The van der Waals surface area contributed by atoms with Gasteiger partial charge in [-0.2, -0.15) is 0 Å². The van der Waals surface area contributed by atoms with E-state index in [9.17, 15) is 0 Å². The summed E-state index contributed by atoms with van der Waals surface area (Å²) >= 11 is 3.64. The van der Waals surface area contributed by atoms with Crippen LogP contribution in [0.1, 0.15) is 12.8 Å². The van der Waals surface area contributed by atoms with Crippen molar-refractivity contribution in [3.63, 3.8) is 0 Å². The molecule has 1 nitrogen and oxygen atoms in total. The Balaban J connectivity index is 0.000000261. The van der Waals surface area contributed by atoms with Gasteiger partial charge in [0.25, 0.3) is 0 Å². The number of rotatable bonds is 13. The number of nitrogens with zero attached hydrogens (tertiary/aromatic N) is 1. The molecule has 260 valence electrons. The molecule has 0 unspecified atom stereocenters. The zero-order valence-corrected chi connectivity index (χ0v) is 35.6. The van der Waals surface area contributed by atoms with Crippen LogP contribution in [0.15, 0.2) is 182 Å². The fourth-order valence-electron chi connectivity index (χ4n) is 6.68. The molecule has 0 bridgehead atoms. The largest absolute Gasteiger partial charge is 1.00 e. The van der Waals surface area contributed by atoms with Gasteiger partial charge in [-0.15, -0.1) is 0 Å². The van der Waals surface area contributed by atoms with Crippen molar-refractivity contribution in [2.75, 3.05) is 38.3 Å². The minimum Gasteiger partial charge on any atom is -1.00 e. The van der Waals surface area contributed by atoms with Gasteiger partial charge in [-0.25, -0.2) is 0 Å². The molecular formula is C44H48Br3NP2. The molecule has 0 saturated carbocycles. The lowest BCUT2D eigenvalue weighted by Gasteiger charge is -2.28. The van der Waals surface area contributed by atoms with E-state index < -0.39 is 14.5 Å². The molecule has 0 heterocycles. The lowest BCUT2D eigenvalue weighted by Crippen LogP contribution is -3.00. The van der Waals surface area contributed by atoms with E-state index in [-0.39, 0.29) is 34.0 Å². The minimum absolute atomic E-state index is 0. The first kappa shape index (κ1) is 42.0. The molecule has 6 aromatic carbocycles. The first-order valence-electron chi connectivity index (χ1n) is 16.9. The molecule has 0 atom stereocenters. The molecule has 0 spiro atoms. The van der Waals surface area contributed by atoms with Crippen molar-refractivity contribution in [3.8, 4) is 0 Å². The Labute approximate surface area is 331 Å². The Morgan fingerprint density at radius 2 is 0.600 bits per heavy atom. The number of hydrogen-bond donors (Lipinski definition) is 0. The first-order valence-corrected chi connectivity index (χ1v) is 22.0. The topological polar surface area (TPSA) is 3.24 Å². The molecule has 0 aromatic heterocycles. The fraction of sp³-hybridized carbons (Fsp3) is 0.182. The first-order chi connectivity index (χ1) is 23.6. The van der Waals surface area contributed by atoms with E-state index >= 15 is 0 Å². The second-order valence-corrected chi connectivity index (χ2v) is 20.3. The number of alkyl halides is 1. The van der Waals surface area contributed by atoms with Gasteiger partial charge in [0.15, 0.2) is 0 Å². The van der Waals surface area contributed by atoms with Crippen LogP contribution in [0.2, 0.25) is 0 Å². The minimum atomic E-state index is -1.64. The zero-order valence-electron chi connectivity index (χ0n) is 29.0. The van der Waals surface area contributed by atoms with Crippen molar-refractivity contribution in [2.24, 2.45) is 0 Å². The van der Waals surface area contributed by atoms with Gasteiger partial charge in [-0.05, 0) is 99.7 Å². The Hall–Kier alpha value is -2.42. The predicted octanol–water partition coefficient (Wildman–Crippen LogP) is 2.71. The molecule has 0 fully saturated rings. The monoisotopic (exact) mass is 889 g/mol. The number of hydrogen-bond acceptors (Lipinski definition) is 1. The summed E-state index contributed by atoms with van der Waals surface area (Å²) in [6.07, 6.45) is 4.76. The van der Waals surface area contributed by atoms with Crippen molar-refractivity contribution in [1.29, 1.82) is 0 Å². The summed E-state index contributed by atoms with van der Waals surface area (Å²) in [4.78, 5) is 2.29. The van der Waals surface area contributed by atoms with Crippen molar-refractivity contribution < 1.29 is 34.0 Å². The summed E-state index contributed by atoms with van der Waals surface area (Å²) in [6.45, 7) is 1.12. The van der Waals surface area contributed by atoms with E-state index in [0.717, 1.165) is 11.9 Å². The van der Waals surface area contributed by atoms with Gasteiger partial charge in [0.2, 0.25) is 0 Å². The molecule has 0 aliphatic heterocycles. The molecular weight excluding hydrogens is 844 g/mol. The molecule has 0 aliphatic rings. The molecule has 0 aliphatic carbocycles. The van der Waals surface area contributed by atoms with Gasteiger partial charge in [0.1, 0.15) is 46.4 Å². The van der Waals surface area contributed by atoms with Crippen LogP contribution in [0.3, 0.4) is 0 Å². The van der Waals surface area contributed by atoms with Crippen molar-refractivity contribution in [2.45, 2.75) is 12.8 Å². The maximum absolute atomic E-state index is 3.64. The SMILES string of the molecule is BrCCC[P+](c1ccccc1)(c1ccccc1)c1ccccc1.CN(C)CCC[P+](c1ccccc1)(c1ccccc1)c1ccccc1.[Br-].[Br-]. The highest BCUT2D eigenvalue weighted by atomic mass is 79.9. The van der Waals surface area contributed by atoms with E-state index in [1.54, 1.807) is 0 Å². The van der Waals surface area contributed by atoms with Crippen LogP contribution >= 0.6 is 30.5 Å². The third kappa shape index (κ3) is 10.3. The molecule has 6 aromatic rings. The number of halogens is 3. The molecule has 0 N–H and O–H groups in total. The van der Waals surface area contributed by atoms with Gasteiger partial charge in [0, 0.05) is 11.9 Å². The van der Waals surface area contributed by atoms with Crippen molar-refractivity contribution in [1.82, 2.24) is 4.90 Å². The quantitative estimate of drug-likeness (QED) is 0.128. The lowest BCUT2D eigenvalue weighted by molar-refractivity contribution is -0.001000. The summed E-state index contributed by atoms with van der Waals surface area (Å²) in [5, 5.41) is 9.89. The van der Waals surface area contributed by atoms with Crippen LogP contribution in [0.25, 0.3) is 0 Å². The predicted molar refractivity (Wildman–Crippen MR) is 222 cm³/mol. The summed E-state index contributed by atoms with van der Waals surface area (Å²) < 4.78 is 0.